The van der Waals surface area contributed by atoms with E-state index in [0.29, 0.717) is 5.13 Å². The van der Waals surface area contributed by atoms with E-state index in [-0.39, 0.29) is 42.5 Å². The van der Waals surface area contributed by atoms with E-state index < -0.39 is 0 Å². The minimum atomic E-state index is -0.236. The fourth-order valence-corrected chi connectivity index (χ4v) is 4.77. The van der Waals surface area contributed by atoms with Gasteiger partial charge in [-0.1, -0.05) is 42.7 Å². The molecule has 2 aromatic rings. The Hall–Kier alpha value is -2.54. The molecule has 6 nitrogen and oxygen atoms in total. The van der Waals surface area contributed by atoms with E-state index >= 15 is 0 Å². The Kier molecular flexibility index (Phi) is 5.26. The number of nitrogens with one attached hydrogen (secondary N) is 1. The maximum absolute atomic E-state index is 12.5. The highest BCUT2D eigenvalue weighted by Crippen LogP contribution is 2.38. The zero-order valence-electron chi connectivity index (χ0n) is 15.8. The van der Waals surface area contributed by atoms with Gasteiger partial charge in [0.05, 0.1) is 17.5 Å². The quantitative estimate of drug-likeness (QED) is 0.782. The summed E-state index contributed by atoms with van der Waals surface area (Å²) in [6.07, 6.45) is 3.68. The number of aryl methyl sites for hydroxylation is 1. The van der Waals surface area contributed by atoms with Gasteiger partial charge < -0.3 is 5.32 Å². The van der Waals surface area contributed by atoms with Crippen molar-refractivity contribution in [2.75, 3.05) is 11.9 Å². The molecule has 2 fully saturated rings. The van der Waals surface area contributed by atoms with Crippen LogP contribution in [0.5, 0.6) is 0 Å². The van der Waals surface area contributed by atoms with Gasteiger partial charge in [-0.25, -0.2) is 4.98 Å². The van der Waals surface area contributed by atoms with Crippen molar-refractivity contribution in [3.05, 3.63) is 35.2 Å². The van der Waals surface area contributed by atoms with Crippen LogP contribution in [0.4, 0.5) is 5.13 Å². The smallest absolute Gasteiger partial charge is 0.233 e. The third-order valence-electron chi connectivity index (χ3n) is 5.59. The normalized spacial score (nSPS) is 21.7. The number of benzene rings is 1. The molecule has 7 heteroatoms. The van der Waals surface area contributed by atoms with Crippen molar-refractivity contribution in [1.29, 1.82) is 0 Å². The Balaban J connectivity index is 1.33. The number of carbonyl (C=O) groups is 3. The zero-order valence-corrected chi connectivity index (χ0v) is 16.6. The summed E-state index contributed by atoms with van der Waals surface area (Å²) in [5.41, 5.74) is 2.99. The third kappa shape index (κ3) is 3.71. The van der Waals surface area contributed by atoms with Crippen LogP contribution in [0.1, 0.15) is 37.7 Å². The second-order valence-electron chi connectivity index (χ2n) is 7.53. The van der Waals surface area contributed by atoms with E-state index in [4.69, 9.17) is 0 Å². The number of amides is 3. The maximum atomic E-state index is 12.5. The van der Waals surface area contributed by atoms with Crippen LogP contribution in [0.15, 0.2) is 29.6 Å². The molecule has 0 spiro atoms. The van der Waals surface area contributed by atoms with E-state index in [1.165, 1.54) is 21.8 Å². The van der Waals surface area contributed by atoms with Gasteiger partial charge in [0.25, 0.3) is 0 Å². The highest BCUT2D eigenvalue weighted by molar-refractivity contribution is 7.14. The number of hydrogen-bond acceptors (Lipinski definition) is 5. The Morgan fingerprint density at radius 2 is 1.79 bits per heavy atom. The second-order valence-corrected chi connectivity index (χ2v) is 8.39. The molecule has 2 atom stereocenters. The standard InChI is InChI=1S/C21H23N3O3S/c1-13-6-8-14(9-7-13)17-12-28-21(22-17)23-18(25)10-11-24-19(26)15-4-2-3-5-16(15)20(24)27/h6-9,12,15-16H,2-5,10-11H2,1H3,(H,22,23,25)/t15-,16-/m1/s1. The molecular formula is C21H23N3O3S. The van der Waals surface area contributed by atoms with Gasteiger partial charge in [0.2, 0.25) is 17.7 Å². The lowest BCUT2D eigenvalue weighted by Gasteiger charge is -2.19. The molecule has 28 heavy (non-hydrogen) atoms. The predicted octanol–water partition coefficient (Wildman–Crippen LogP) is 3.62. The summed E-state index contributed by atoms with van der Waals surface area (Å²) in [6, 6.07) is 8.04. The number of fused-ring (bicyclic) bond motifs is 1. The summed E-state index contributed by atoms with van der Waals surface area (Å²) in [5, 5.41) is 5.20. The minimum absolute atomic E-state index is 0.0936. The molecular weight excluding hydrogens is 374 g/mol. The SMILES string of the molecule is Cc1ccc(-c2csc(NC(=O)CCN3C(=O)[C@@H]4CCCC[C@H]4C3=O)n2)cc1. The largest absolute Gasteiger partial charge is 0.302 e. The van der Waals surface area contributed by atoms with Gasteiger partial charge in [0, 0.05) is 23.9 Å². The number of rotatable bonds is 5. The Morgan fingerprint density at radius 3 is 2.43 bits per heavy atom. The maximum Gasteiger partial charge on any atom is 0.233 e. The lowest BCUT2D eigenvalue weighted by Crippen LogP contribution is -2.34. The van der Waals surface area contributed by atoms with Crippen molar-refractivity contribution in [3.63, 3.8) is 0 Å². The first kappa shape index (κ1) is 18.8. The van der Waals surface area contributed by atoms with Crippen molar-refractivity contribution in [2.45, 2.75) is 39.0 Å². The first-order valence-electron chi connectivity index (χ1n) is 9.70. The average molecular weight is 398 g/mol. The van der Waals surface area contributed by atoms with Crippen molar-refractivity contribution in [1.82, 2.24) is 9.88 Å². The molecule has 0 unspecified atom stereocenters. The first-order chi connectivity index (χ1) is 13.5. The third-order valence-corrected chi connectivity index (χ3v) is 6.35. The number of hydrogen-bond donors (Lipinski definition) is 1. The molecule has 1 saturated carbocycles. The summed E-state index contributed by atoms with van der Waals surface area (Å²) < 4.78 is 0. The van der Waals surface area contributed by atoms with E-state index in [9.17, 15) is 14.4 Å². The number of thiazole rings is 1. The van der Waals surface area contributed by atoms with Crippen LogP contribution in [0, 0.1) is 18.8 Å². The molecule has 1 aliphatic carbocycles. The molecule has 0 radical (unpaired) electrons. The van der Waals surface area contributed by atoms with E-state index in [2.05, 4.69) is 10.3 Å². The van der Waals surface area contributed by atoms with Crippen LogP contribution in [0.3, 0.4) is 0 Å². The van der Waals surface area contributed by atoms with Crippen LogP contribution in [0.2, 0.25) is 0 Å². The fourth-order valence-electron chi connectivity index (χ4n) is 4.03. The average Bonchev–Trinajstić information content (AvgIpc) is 3.25. The van der Waals surface area contributed by atoms with Crippen molar-refractivity contribution in [3.8, 4) is 11.3 Å². The second kappa shape index (κ2) is 7.83. The molecule has 0 bridgehead atoms. The Morgan fingerprint density at radius 1 is 1.14 bits per heavy atom. The van der Waals surface area contributed by atoms with Crippen LogP contribution in [-0.4, -0.2) is 34.2 Å². The molecule has 4 rings (SSSR count). The molecule has 2 heterocycles. The molecule has 146 valence electrons. The number of likely N-dealkylation sites (tertiary alicyclic amines) is 1. The summed E-state index contributed by atoms with van der Waals surface area (Å²) in [7, 11) is 0. The monoisotopic (exact) mass is 397 g/mol. The van der Waals surface area contributed by atoms with Gasteiger partial charge in [-0.3, -0.25) is 19.3 Å². The number of nitrogens with zero attached hydrogens (tertiary/aromatic N) is 2. The van der Waals surface area contributed by atoms with Gasteiger partial charge in [0.15, 0.2) is 5.13 Å². The van der Waals surface area contributed by atoms with Gasteiger partial charge in [-0.15, -0.1) is 11.3 Å². The van der Waals surface area contributed by atoms with Gasteiger partial charge in [0.1, 0.15) is 0 Å². The summed E-state index contributed by atoms with van der Waals surface area (Å²) >= 11 is 1.36. The summed E-state index contributed by atoms with van der Waals surface area (Å²) in [6.45, 7) is 2.17. The topological polar surface area (TPSA) is 79.4 Å². The number of carbonyl (C=O) groups excluding carboxylic acids is 3. The minimum Gasteiger partial charge on any atom is -0.302 e. The van der Waals surface area contributed by atoms with Crippen molar-refractivity contribution in [2.24, 2.45) is 11.8 Å². The van der Waals surface area contributed by atoms with Crippen LogP contribution in [-0.2, 0) is 14.4 Å². The molecule has 1 saturated heterocycles. The number of anilines is 1. The van der Waals surface area contributed by atoms with E-state index in [0.717, 1.165) is 36.9 Å². The lowest BCUT2D eigenvalue weighted by molar-refractivity contribution is -0.140. The molecule has 3 amide bonds. The van der Waals surface area contributed by atoms with E-state index in [1.54, 1.807) is 0 Å². The van der Waals surface area contributed by atoms with E-state index in [1.807, 2.05) is 36.6 Å². The predicted molar refractivity (Wildman–Crippen MR) is 108 cm³/mol. The molecule has 1 N–H and O–H groups in total. The Labute approximate surface area is 168 Å². The van der Waals surface area contributed by atoms with Gasteiger partial charge in [-0.05, 0) is 19.8 Å². The summed E-state index contributed by atoms with van der Waals surface area (Å²) in [5.74, 6) is -0.766. The molecule has 2 aliphatic rings. The number of imide groups is 1. The van der Waals surface area contributed by atoms with Gasteiger partial charge in [-0.2, -0.15) is 0 Å². The van der Waals surface area contributed by atoms with Crippen LogP contribution >= 0.6 is 11.3 Å². The van der Waals surface area contributed by atoms with Crippen molar-refractivity contribution < 1.29 is 14.4 Å². The highest BCUT2D eigenvalue weighted by atomic mass is 32.1. The zero-order chi connectivity index (χ0) is 19.7. The fraction of sp³-hybridized carbons (Fsp3) is 0.429. The first-order valence-corrected chi connectivity index (χ1v) is 10.6. The summed E-state index contributed by atoms with van der Waals surface area (Å²) in [4.78, 5) is 43.0. The lowest BCUT2D eigenvalue weighted by atomic mass is 9.81. The van der Waals surface area contributed by atoms with Crippen LogP contribution in [0.25, 0.3) is 11.3 Å². The highest BCUT2D eigenvalue weighted by Gasteiger charge is 2.47. The molecule has 1 aromatic carbocycles. The molecule has 1 aliphatic heterocycles. The van der Waals surface area contributed by atoms with Crippen molar-refractivity contribution >= 4 is 34.2 Å². The Bertz CT molecular complexity index is 882. The van der Waals surface area contributed by atoms with Crippen LogP contribution < -0.4 is 5.32 Å². The van der Waals surface area contributed by atoms with Gasteiger partial charge >= 0.3 is 0 Å². The molecule has 1 aromatic heterocycles. The number of aromatic nitrogens is 1.